The van der Waals surface area contributed by atoms with Crippen LogP contribution in [0.3, 0.4) is 0 Å². The highest BCUT2D eigenvalue weighted by molar-refractivity contribution is 6.83. The molecule has 1 N–H and O–H groups in total. The molecule has 0 amide bonds. The summed E-state index contributed by atoms with van der Waals surface area (Å²) in [7, 11) is -1.68. The molecular weight excluding hydrogens is 234 g/mol. The van der Waals surface area contributed by atoms with Crippen LogP contribution in [0.4, 0.5) is 0 Å². The predicted octanol–water partition coefficient (Wildman–Crippen LogP) is 4.51. The zero-order valence-electron chi connectivity index (χ0n) is 12.3. The summed E-state index contributed by atoms with van der Waals surface area (Å²) in [6.07, 6.45) is 11.2. The van der Waals surface area contributed by atoms with E-state index >= 15 is 0 Å². The monoisotopic (exact) mass is 261 g/mol. The van der Waals surface area contributed by atoms with Gasteiger partial charge in [-0.3, -0.25) is 0 Å². The van der Waals surface area contributed by atoms with Crippen molar-refractivity contribution < 1.29 is 0 Å². The van der Waals surface area contributed by atoms with Gasteiger partial charge in [0.15, 0.2) is 8.24 Å². The van der Waals surface area contributed by atoms with Crippen LogP contribution in [0.15, 0.2) is 48.7 Å². The van der Waals surface area contributed by atoms with E-state index in [0.717, 1.165) is 12.8 Å². The Morgan fingerprint density at radius 2 is 2.06 bits per heavy atom. The molecule has 0 fully saturated rings. The average molecular weight is 261 g/mol. The lowest BCUT2D eigenvalue weighted by Crippen LogP contribution is -2.57. The van der Waals surface area contributed by atoms with Gasteiger partial charge in [-0.15, -0.1) is 13.2 Å². The second-order valence-electron chi connectivity index (χ2n) is 6.32. The van der Waals surface area contributed by atoms with E-state index < -0.39 is 8.24 Å². The molecule has 0 spiro atoms. The van der Waals surface area contributed by atoms with Gasteiger partial charge >= 0.3 is 0 Å². The van der Waals surface area contributed by atoms with Crippen molar-refractivity contribution in [3.8, 4) is 0 Å². The third kappa shape index (κ3) is 4.11. The molecule has 0 aromatic rings. The summed E-state index contributed by atoms with van der Waals surface area (Å²) in [5.74, 6) is 0. The molecule has 0 saturated heterocycles. The number of hydrogen-bond donors (Lipinski definition) is 1. The van der Waals surface area contributed by atoms with Crippen molar-refractivity contribution in [2.75, 3.05) is 0 Å². The van der Waals surface area contributed by atoms with E-state index in [1.165, 1.54) is 5.57 Å². The van der Waals surface area contributed by atoms with Gasteiger partial charge < -0.3 is 4.98 Å². The molecule has 1 nitrogen and oxygen atoms in total. The first-order valence-electron chi connectivity index (χ1n) is 6.73. The van der Waals surface area contributed by atoms with Crippen molar-refractivity contribution in [3.63, 3.8) is 0 Å². The van der Waals surface area contributed by atoms with Gasteiger partial charge in [-0.2, -0.15) is 0 Å². The number of rotatable bonds is 6. The van der Waals surface area contributed by atoms with Crippen LogP contribution >= 0.6 is 0 Å². The van der Waals surface area contributed by atoms with Crippen molar-refractivity contribution in [2.24, 2.45) is 0 Å². The SMILES string of the molecule is C=CCCC1=CC([Si](C)(C=C)NC(C)(C)C)C=C1. The van der Waals surface area contributed by atoms with Crippen LogP contribution < -0.4 is 4.98 Å². The lowest BCUT2D eigenvalue weighted by Gasteiger charge is -2.36. The molecule has 0 aromatic heterocycles. The molecule has 18 heavy (non-hydrogen) atoms. The predicted molar refractivity (Wildman–Crippen MR) is 85.1 cm³/mol. The van der Waals surface area contributed by atoms with E-state index in [-0.39, 0.29) is 5.54 Å². The summed E-state index contributed by atoms with van der Waals surface area (Å²) in [6.45, 7) is 16.9. The zero-order valence-corrected chi connectivity index (χ0v) is 13.3. The van der Waals surface area contributed by atoms with Gasteiger partial charge in [0.2, 0.25) is 0 Å². The van der Waals surface area contributed by atoms with Crippen molar-refractivity contribution >= 4 is 8.24 Å². The molecule has 2 atom stereocenters. The first-order chi connectivity index (χ1) is 8.30. The second-order valence-corrected chi connectivity index (χ2v) is 10.2. The minimum atomic E-state index is -1.68. The molecule has 0 heterocycles. The lowest BCUT2D eigenvalue weighted by molar-refractivity contribution is 0.512. The maximum Gasteiger partial charge on any atom is 0.157 e. The smallest absolute Gasteiger partial charge is 0.157 e. The van der Waals surface area contributed by atoms with E-state index in [4.69, 9.17) is 0 Å². The molecule has 0 aromatic carbocycles. The van der Waals surface area contributed by atoms with E-state index in [0.29, 0.717) is 5.54 Å². The number of nitrogens with one attached hydrogen (secondary N) is 1. The van der Waals surface area contributed by atoms with Crippen molar-refractivity contribution in [3.05, 3.63) is 48.7 Å². The Balaban J connectivity index is 2.79. The molecule has 2 heteroatoms. The third-order valence-electron chi connectivity index (χ3n) is 3.31. The van der Waals surface area contributed by atoms with Crippen LogP contribution in [0.2, 0.25) is 12.1 Å². The van der Waals surface area contributed by atoms with Gasteiger partial charge in [0.25, 0.3) is 0 Å². The van der Waals surface area contributed by atoms with Crippen LogP contribution in [-0.2, 0) is 0 Å². The first-order valence-corrected chi connectivity index (χ1v) is 9.39. The molecule has 1 aliphatic carbocycles. The van der Waals surface area contributed by atoms with Gasteiger partial charge in [-0.1, -0.05) is 42.1 Å². The molecule has 0 bridgehead atoms. The lowest BCUT2D eigenvalue weighted by atomic mass is 10.1. The summed E-state index contributed by atoms with van der Waals surface area (Å²) in [5, 5.41) is 0. The Labute approximate surface area is 113 Å². The van der Waals surface area contributed by atoms with E-state index in [9.17, 15) is 0 Å². The minimum Gasteiger partial charge on any atom is -0.329 e. The van der Waals surface area contributed by atoms with Gasteiger partial charge in [-0.25, -0.2) is 0 Å². The van der Waals surface area contributed by atoms with Crippen LogP contribution in [0.1, 0.15) is 33.6 Å². The van der Waals surface area contributed by atoms with Crippen molar-refractivity contribution in [1.29, 1.82) is 0 Å². The summed E-state index contributed by atoms with van der Waals surface area (Å²) in [6, 6.07) is 0. The summed E-state index contributed by atoms with van der Waals surface area (Å²) >= 11 is 0. The standard InChI is InChI=1S/C16H27NSi/c1-7-9-10-14-11-12-15(13-14)18(6,8-2)17-16(3,4)5/h7-8,11-13,15,17H,1-2,9-10H2,3-6H3. The molecule has 2 unspecified atom stereocenters. The van der Waals surface area contributed by atoms with E-state index in [2.05, 4.69) is 69.4 Å². The molecular formula is C16H27NSi. The van der Waals surface area contributed by atoms with Crippen LogP contribution in [0.5, 0.6) is 0 Å². The fourth-order valence-corrected chi connectivity index (χ4v) is 5.67. The Bertz CT molecular complexity index is 373. The minimum absolute atomic E-state index is 0.140. The Morgan fingerprint density at radius 3 is 2.56 bits per heavy atom. The highest BCUT2D eigenvalue weighted by atomic mass is 28.3. The van der Waals surface area contributed by atoms with Crippen molar-refractivity contribution in [2.45, 2.75) is 51.2 Å². The van der Waals surface area contributed by atoms with Crippen LogP contribution in [-0.4, -0.2) is 13.8 Å². The van der Waals surface area contributed by atoms with E-state index in [1.807, 2.05) is 6.08 Å². The first kappa shape index (κ1) is 15.2. The molecule has 0 saturated carbocycles. The maximum atomic E-state index is 4.07. The van der Waals surface area contributed by atoms with Gasteiger partial charge in [-0.05, 0) is 33.6 Å². The van der Waals surface area contributed by atoms with Crippen LogP contribution in [0, 0.1) is 0 Å². The van der Waals surface area contributed by atoms with Gasteiger partial charge in [0, 0.05) is 11.1 Å². The Kier molecular flexibility index (Phi) is 4.94. The third-order valence-corrected chi connectivity index (χ3v) is 7.19. The number of hydrogen-bond acceptors (Lipinski definition) is 1. The molecule has 100 valence electrons. The van der Waals surface area contributed by atoms with Gasteiger partial charge in [0.1, 0.15) is 0 Å². The highest BCUT2D eigenvalue weighted by Gasteiger charge is 2.35. The fourth-order valence-electron chi connectivity index (χ4n) is 2.46. The molecule has 1 rings (SSSR count). The van der Waals surface area contributed by atoms with E-state index in [1.54, 1.807) is 0 Å². The topological polar surface area (TPSA) is 12.0 Å². The highest BCUT2D eigenvalue weighted by Crippen LogP contribution is 2.33. The average Bonchev–Trinajstić information content (AvgIpc) is 2.73. The second kappa shape index (κ2) is 5.85. The fraction of sp³-hybridized carbons (Fsp3) is 0.500. The molecule has 0 radical (unpaired) electrons. The van der Waals surface area contributed by atoms with Crippen LogP contribution in [0.25, 0.3) is 0 Å². The Morgan fingerprint density at radius 1 is 1.39 bits per heavy atom. The maximum absolute atomic E-state index is 4.07. The summed E-state index contributed by atoms with van der Waals surface area (Å²) < 4.78 is 0. The van der Waals surface area contributed by atoms with Gasteiger partial charge in [0.05, 0.1) is 0 Å². The molecule has 1 aliphatic rings. The Hall–Kier alpha value is -0.863. The normalized spacial score (nSPS) is 22.4. The largest absolute Gasteiger partial charge is 0.329 e. The summed E-state index contributed by atoms with van der Waals surface area (Å²) in [4.78, 5) is 3.81. The molecule has 0 aliphatic heterocycles. The zero-order chi connectivity index (χ0) is 13.8. The number of allylic oxidation sites excluding steroid dienone is 5. The van der Waals surface area contributed by atoms with Crippen molar-refractivity contribution in [1.82, 2.24) is 4.98 Å². The summed E-state index contributed by atoms with van der Waals surface area (Å²) in [5.41, 5.74) is 4.27. The quantitative estimate of drug-likeness (QED) is 0.548.